The van der Waals surface area contributed by atoms with E-state index < -0.39 is 5.82 Å². The van der Waals surface area contributed by atoms with Gasteiger partial charge < -0.3 is 4.74 Å². The van der Waals surface area contributed by atoms with Crippen molar-refractivity contribution in [2.75, 3.05) is 6.54 Å². The number of hydrogen-bond donors (Lipinski definition) is 0. The van der Waals surface area contributed by atoms with Crippen molar-refractivity contribution in [3.8, 4) is 0 Å². The van der Waals surface area contributed by atoms with Crippen molar-refractivity contribution in [2.24, 2.45) is 15.9 Å². The largest absolute Gasteiger partial charge is 0.460 e. The topological polar surface area (TPSA) is 51.0 Å². The van der Waals surface area contributed by atoms with E-state index in [-0.39, 0.29) is 17.6 Å². The van der Waals surface area contributed by atoms with Crippen LogP contribution in [0.25, 0.3) is 0 Å². The molecule has 0 N–H and O–H groups in total. The maximum atomic E-state index is 13.7. The van der Waals surface area contributed by atoms with Crippen LogP contribution in [0.2, 0.25) is 0 Å². The number of hydrogen-bond acceptors (Lipinski definition) is 4. The van der Waals surface area contributed by atoms with Gasteiger partial charge in [-0.3, -0.25) is 4.79 Å². The lowest BCUT2D eigenvalue weighted by Gasteiger charge is -2.27. The molecule has 1 heterocycles. The first-order chi connectivity index (χ1) is 11.2. The van der Waals surface area contributed by atoms with Crippen LogP contribution in [0.3, 0.4) is 0 Å². The lowest BCUT2D eigenvalue weighted by Crippen LogP contribution is -2.25. The fraction of sp³-hybridized carbons (Fsp3) is 0.500. The normalized spacial score (nSPS) is 27.4. The van der Waals surface area contributed by atoms with Crippen molar-refractivity contribution in [1.82, 2.24) is 0 Å². The van der Waals surface area contributed by atoms with E-state index in [9.17, 15) is 9.18 Å². The lowest BCUT2D eigenvalue weighted by molar-refractivity contribution is 0.111. The summed E-state index contributed by atoms with van der Waals surface area (Å²) in [6, 6.07) is 5.05. The van der Waals surface area contributed by atoms with E-state index in [1.54, 1.807) is 12.3 Å². The molecule has 0 bridgehead atoms. The van der Waals surface area contributed by atoms with E-state index >= 15 is 0 Å². The Bertz CT molecular complexity index is 634. The molecular formula is C18H21FN2O2. The molecule has 0 aromatic heterocycles. The minimum Gasteiger partial charge on any atom is -0.460 e. The molecule has 0 amide bonds. The van der Waals surface area contributed by atoms with E-state index in [2.05, 4.69) is 16.9 Å². The number of benzene rings is 1. The molecule has 0 radical (unpaired) electrons. The average Bonchev–Trinajstić information content (AvgIpc) is 2.57. The highest BCUT2D eigenvalue weighted by molar-refractivity contribution is 5.88. The molecule has 1 aromatic carbocycles. The average molecular weight is 316 g/mol. The number of rotatable bonds is 3. The summed E-state index contributed by atoms with van der Waals surface area (Å²) >= 11 is 0. The van der Waals surface area contributed by atoms with Gasteiger partial charge in [-0.15, -0.1) is 0 Å². The zero-order valence-corrected chi connectivity index (χ0v) is 13.2. The third-order valence-electron chi connectivity index (χ3n) is 4.60. The highest BCUT2D eigenvalue weighted by Crippen LogP contribution is 2.26. The summed E-state index contributed by atoms with van der Waals surface area (Å²) in [5.74, 6) is 0.192. The third-order valence-corrected chi connectivity index (χ3v) is 4.60. The van der Waals surface area contributed by atoms with Crippen molar-refractivity contribution in [3.05, 3.63) is 35.1 Å². The highest BCUT2D eigenvalue weighted by atomic mass is 19.1. The van der Waals surface area contributed by atoms with Crippen LogP contribution in [0.5, 0.6) is 0 Å². The minimum absolute atomic E-state index is 0.0700. The van der Waals surface area contributed by atoms with Crippen LogP contribution in [0.1, 0.15) is 54.4 Å². The quantitative estimate of drug-likeness (QED) is 0.797. The van der Waals surface area contributed by atoms with Crippen LogP contribution in [0.15, 0.2) is 28.2 Å². The first-order valence-electron chi connectivity index (χ1n) is 8.15. The summed E-state index contributed by atoms with van der Waals surface area (Å²) in [6.45, 7) is 2.76. The zero-order valence-electron chi connectivity index (χ0n) is 13.2. The zero-order chi connectivity index (χ0) is 16.2. The van der Waals surface area contributed by atoms with Crippen molar-refractivity contribution in [3.63, 3.8) is 0 Å². The molecule has 2 aliphatic rings. The molecule has 1 fully saturated rings. The van der Waals surface area contributed by atoms with Crippen LogP contribution < -0.4 is 0 Å². The number of aldehydes is 1. The molecular weight excluding hydrogens is 295 g/mol. The molecule has 1 aliphatic heterocycles. The van der Waals surface area contributed by atoms with E-state index in [4.69, 9.17) is 4.74 Å². The fourth-order valence-corrected chi connectivity index (χ4v) is 3.04. The van der Waals surface area contributed by atoms with E-state index in [0.29, 0.717) is 18.9 Å². The first kappa shape index (κ1) is 15.8. The molecule has 23 heavy (non-hydrogen) atoms. The van der Waals surface area contributed by atoms with Gasteiger partial charge in [-0.05, 0) is 49.3 Å². The Morgan fingerprint density at radius 3 is 2.65 bits per heavy atom. The van der Waals surface area contributed by atoms with Gasteiger partial charge in [0.2, 0.25) is 0 Å². The SMILES string of the molecule is CC1CCC(OC2=NCC(c3ccc(C=O)c(F)c3)C=N2)CC1. The Morgan fingerprint density at radius 1 is 1.26 bits per heavy atom. The maximum absolute atomic E-state index is 13.7. The second-order valence-corrected chi connectivity index (χ2v) is 6.41. The van der Waals surface area contributed by atoms with Crippen LogP contribution in [-0.2, 0) is 4.74 Å². The van der Waals surface area contributed by atoms with E-state index in [1.165, 1.54) is 25.0 Å². The summed E-state index contributed by atoms with van der Waals surface area (Å²) in [4.78, 5) is 19.3. The van der Waals surface area contributed by atoms with E-state index in [1.807, 2.05) is 0 Å². The van der Waals surface area contributed by atoms with Crippen molar-refractivity contribution in [2.45, 2.75) is 44.6 Å². The number of carbonyl (C=O) groups is 1. The van der Waals surface area contributed by atoms with Gasteiger partial charge in [0, 0.05) is 12.1 Å². The van der Waals surface area contributed by atoms with Crippen LogP contribution in [0.4, 0.5) is 4.39 Å². The molecule has 1 saturated carbocycles. The molecule has 4 nitrogen and oxygen atoms in total. The molecule has 1 aromatic rings. The summed E-state index contributed by atoms with van der Waals surface area (Å²) in [5.41, 5.74) is 0.840. The first-order valence-corrected chi connectivity index (χ1v) is 8.15. The number of ether oxygens (including phenoxy) is 1. The summed E-state index contributed by atoms with van der Waals surface area (Å²) in [5, 5.41) is 0. The molecule has 122 valence electrons. The van der Waals surface area contributed by atoms with Gasteiger partial charge in [0.15, 0.2) is 6.29 Å². The molecule has 5 heteroatoms. The molecule has 0 spiro atoms. The monoisotopic (exact) mass is 316 g/mol. The van der Waals surface area contributed by atoms with Crippen molar-refractivity contribution >= 4 is 18.5 Å². The standard InChI is InChI=1S/C18H21FN2O2/c1-12-2-6-16(7-3-12)23-18-20-9-15(10-21-18)13-4-5-14(11-22)17(19)8-13/h4-5,8-9,11-12,15-16H,2-3,6-7,10H2,1H3. The summed E-state index contributed by atoms with van der Waals surface area (Å²) < 4.78 is 19.5. The van der Waals surface area contributed by atoms with Gasteiger partial charge in [-0.2, -0.15) is 0 Å². The second kappa shape index (κ2) is 7.02. The number of amidine groups is 1. The van der Waals surface area contributed by atoms with E-state index in [0.717, 1.165) is 24.3 Å². The number of aliphatic imine (C=N–C) groups is 2. The fourth-order valence-electron chi connectivity index (χ4n) is 3.04. The predicted octanol–water partition coefficient (Wildman–Crippen LogP) is 3.76. The van der Waals surface area contributed by atoms with Crippen LogP contribution in [0, 0.1) is 11.7 Å². The maximum Gasteiger partial charge on any atom is 0.311 e. The van der Waals surface area contributed by atoms with Gasteiger partial charge in [0.1, 0.15) is 11.9 Å². The van der Waals surface area contributed by atoms with Crippen LogP contribution >= 0.6 is 0 Å². The minimum atomic E-state index is -0.506. The molecule has 1 unspecified atom stereocenters. The summed E-state index contributed by atoms with van der Waals surface area (Å²) in [7, 11) is 0. The van der Waals surface area contributed by atoms with Gasteiger partial charge >= 0.3 is 6.02 Å². The Labute approximate surface area is 135 Å². The Balaban J connectivity index is 1.59. The lowest BCUT2D eigenvalue weighted by atomic mass is 9.89. The van der Waals surface area contributed by atoms with Gasteiger partial charge in [0.25, 0.3) is 0 Å². The van der Waals surface area contributed by atoms with Gasteiger partial charge in [0.05, 0.1) is 12.1 Å². The number of nitrogens with zero attached hydrogens (tertiary/aromatic N) is 2. The molecule has 1 aliphatic carbocycles. The number of halogens is 1. The van der Waals surface area contributed by atoms with Gasteiger partial charge in [-0.25, -0.2) is 14.4 Å². The Kier molecular flexibility index (Phi) is 4.84. The highest BCUT2D eigenvalue weighted by Gasteiger charge is 2.22. The predicted molar refractivity (Wildman–Crippen MR) is 87.8 cm³/mol. The Hall–Kier alpha value is -2.04. The summed E-state index contributed by atoms with van der Waals surface area (Å²) in [6.07, 6.45) is 6.96. The molecule has 3 rings (SSSR count). The Morgan fingerprint density at radius 2 is 2.04 bits per heavy atom. The van der Waals surface area contributed by atoms with Crippen molar-refractivity contribution in [1.29, 1.82) is 0 Å². The second-order valence-electron chi connectivity index (χ2n) is 6.41. The smallest absolute Gasteiger partial charge is 0.311 e. The molecule has 1 atom stereocenters. The third kappa shape index (κ3) is 3.84. The number of carbonyl (C=O) groups excluding carboxylic acids is 1. The van der Waals surface area contributed by atoms with Gasteiger partial charge in [-0.1, -0.05) is 13.0 Å². The van der Waals surface area contributed by atoms with Crippen LogP contribution in [-0.4, -0.2) is 31.2 Å². The van der Waals surface area contributed by atoms with Crippen molar-refractivity contribution < 1.29 is 13.9 Å². The molecule has 0 saturated heterocycles.